The maximum Gasteiger partial charge on any atom is 0.338 e. The number of rotatable bonds is 5. The number of aromatic nitrogens is 1. The molecule has 3 N–H and O–H groups in total. The van der Waals surface area contributed by atoms with Gasteiger partial charge in [0, 0.05) is 33.4 Å². The maximum absolute atomic E-state index is 11.8. The second kappa shape index (κ2) is 7.07. The molecule has 20 heavy (non-hydrogen) atoms. The van der Waals surface area contributed by atoms with Crippen molar-refractivity contribution in [3.8, 4) is 0 Å². The van der Waals surface area contributed by atoms with Gasteiger partial charge in [0.05, 0.1) is 5.56 Å². The highest BCUT2D eigenvalue weighted by molar-refractivity contribution is 6.03. The smallest absolute Gasteiger partial charge is 0.338 e. The predicted molar refractivity (Wildman–Crippen MR) is 70.6 cm³/mol. The lowest BCUT2D eigenvalue weighted by Crippen LogP contribution is -2.40. The first-order valence-electron chi connectivity index (χ1n) is 5.85. The first-order chi connectivity index (χ1) is 9.43. The normalized spacial score (nSPS) is 9.70. The summed E-state index contributed by atoms with van der Waals surface area (Å²) in [5, 5.41) is 14.0. The number of nitrogens with one attached hydrogen (secondary N) is 2. The first kappa shape index (κ1) is 15.4. The Balaban J connectivity index is 2.52. The number of urea groups is 1. The van der Waals surface area contributed by atoms with E-state index < -0.39 is 11.9 Å². The molecule has 8 heteroatoms. The minimum absolute atomic E-state index is 0.154. The van der Waals surface area contributed by atoms with Crippen molar-refractivity contribution in [2.75, 3.05) is 27.2 Å². The SMILES string of the molecule is CN(C)C(=O)NCCNC(=O)c1ncccc1C(=O)O. The topological polar surface area (TPSA) is 112 Å². The number of carbonyl (C=O) groups excluding carboxylic acids is 2. The largest absolute Gasteiger partial charge is 0.478 e. The second-order valence-corrected chi connectivity index (χ2v) is 4.09. The molecule has 0 fully saturated rings. The molecule has 0 aromatic carbocycles. The molecule has 3 amide bonds. The van der Waals surface area contributed by atoms with Gasteiger partial charge in [-0.1, -0.05) is 0 Å². The van der Waals surface area contributed by atoms with Crippen LogP contribution in [0.1, 0.15) is 20.8 Å². The number of amides is 3. The van der Waals surface area contributed by atoms with E-state index in [0.717, 1.165) is 0 Å². The van der Waals surface area contributed by atoms with Gasteiger partial charge in [-0.25, -0.2) is 9.59 Å². The fraction of sp³-hybridized carbons (Fsp3) is 0.333. The average Bonchev–Trinajstić information content (AvgIpc) is 2.42. The number of hydrogen-bond donors (Lipinski definition) is 3. The quantitative estimate of drug-likeness (QED) is 0.646. The van der Waals surface area contributed by atoms with E-state index in [0.29, 0.717) is 0 Å². The van der Waals surface area contributed by atoms with Crippen molar-refractivity contribution in [2.24, 2.45) is 0 Å². The minimum Gasteiger partial charge on any atom is -0.478 e. The molecule has 1 aromatic rings. The molecule has 0 spiro atoms. The zero-order valence-corrected chi connectivity index (χ0v) is 11.2. The van der Waals surface area contributed by atoms with Gasteiger partial charge in [-0.2, -0.15) is 0 Å². The number of carboxylic acid groups (broad SMARTS) is 1. The van der Waals surface area contributed by atoms with Gasteiger partial charge in [-0.3, -0.25) is 9.78 Å². The third-order valence-corrected chi connectivity index (χ3v) is 2.35. The summed E-state index contributed by atoms with van der Waals surface area (Å²) in [4.78, 5) is 39.1. The number of nitrogens with zero attached hydrogens (tertiary/aromatic N) is 2. The van der Waals surface area contributed by atoms with Gasteiger partial charge in [0.2, 0.25) is 0 Å². The van der Waals surface area contributed by atoms with Crippen LogP contribution in [0.15, 0.2) is 18.3 Å². The molecule has 0 aliphatic rings. The summed E-state index contributed by atoms with van der Waals surface area (Å²) in [5.74, 6) is -1.81. The molecule has 0 aliphatic heterocycles. The van der Waals surface area contributed by atoms with Gasteiger partial charge in [0.25, 0.3) is 5.91 Å². The molecule has 1 heterocycles. The lowest BCUT2D eigenvalue weighted by molar-refractivity contribution is 0.0690. The van der Waals surface area contributed by atoms with Crippen LogP contribution in [0.5, 0.6) is 0 Å². The van der Waals surface area contributed by atoms with Crippen LogP contribution in [0.25, 0.3) is 0 Å². The van der Waals surface area contributed by atoms with Gasteiger partial charge in [0.15, 0.2) is 0 Å². The summed E-state index contributed by atoms with van der Waals surface area (Å²) in [6.07, 6.45) is 1.34. The highest BCUT2D eigenvalue weighted by Gasteiger charge is 2.16. The van der Waals surface area contributed by atoms with E-state index in [4.69, 9.17) is 5.11 Å². The summed E-state index contributed by atoms with van der Waals surface area (Å²) in [6, 6.07) is 2.47. The molecule has 0 radical (unpaired) electrons. The molecular formula is C12H16N4O4. The summed E-state index contributed by atoms with van der Waals surface area (Å²) >= 11 is 0. The molecule has 0 bridgehead atoms. The van der Waals surface area contributed by atoms with Gasteiger partial charge in [0.1, 0.15) is 5.69 Å². The first-order valence-corrected chi connectivity index (χ1v) is 5.85. The van der Waals surface area contributed by atoms with Crippen LogP contribution in [-0.4, -0.2) is 60.1 Å². The van der Waals surface area contributed by atoms with Gasteiger partial charge >= 0.3 is 12.0 Å². The molecule has 0 saturated carbocycles. The molecule has 0 atom stereocenters. The molecule has 0 aliphatic carbocycles. The number of hydrogen-bond acceptors (Lipinski definition) is 4. The Bertz CT molecular complexity index is 516. The van der Waals surface area contributed by atoms with Gasteiger partial charge < -0.3 is 20.6 Å². The molecule has 1 aromatic heterocycles. The standard InChI is InChI=1S/C12H16N4O4/c1-16(2)12(20)15-7-6-14-10(17)9-8(11(18)19)4-3-5-13-9/h3-5H,6-7H2,1-2H3,(H,14,17)(H,15,20)(H,18,19). The van der Waals surface area contributed by atoms with Crippen LogP contribution in [0, 0.1) is 0 Å². The third kappa shape index (κ3) is 4.23. The maximum atomic E-state index is 11.8. The lowest BCUT2D eigenvalue weighted by atomic mass is 10.2. The van der Waals surface area contributed by atoms with E-state index >= 15 is 0 Å². The van der Waals surface area contributed by atoms with Crippen molar-refractivity contribution >= 4 is 17.9 Å². The zero-order chi connectivity index (χ0) is 15.1. The van der Waals surface area contributed by atoms with Crippen molar-refractivity contribution in [3.63, 3.8) is 0 Å². The number of pyridine rings is 1. The molecule has 8 nitrogen and oxygen atoms in total. The summed E-state index contributed by atoms with van der Waals surface area (Å²) in [7, 11) is 3.20. The Morgan fingerprint density at radius 3 is 2.50 bits per heavy atom. The molecule has 0 saturated heterocycles. The zero-order valence-electron chi connectivity index (χ0n) is 11.2. The Labute approximate surface area is 115 Å². The second-order valence-electron chi connectivity index (χ2n) is 4.09. The van der Waals surface area contributed by atoms with Crippen LogP contribution >= 0.6 is 0 Å². The van der Waals surface area contributed by atoms with Crippen molar-refractivity contribution in [1.29, 1.82) is 0 Å². The lowest BCUT2D eigenvalue weighted by Gasteiger charge is -2.12. The van der Waals surface area contributed by atoms with E-state index in [-0.39, 0.29) is 30.4 Å². The minimum atomic E-state index is -1.22. The molecule has 108 valence electrons. The Morgan fingerprint density at radius 2 is 1.90 bits per heavy atom. The van der Waals surface area contributed by atoms with Crippen LogP contribution in [0.4, 0.5) is 4.79 Å². The van der Waals surface area contributed by atoms with E-state index in [1.54, 1.807) is 14.1 Å². The molecule has 1 rings (SSSR count). The van der Waals surface area contributed by atoms with Crippen molar-refractivity contribution < 1.29 is 19.5 Å². The van der Waals surface area contributed by atoms with Crippen LogP contribution < -0.4 is 10.6 Å². The fourth-order valence-electron chi connectivity index (χ4n) is 1.35. The number of carboxylic acids is 1. The van der Waals surface area contributed by atoms with Crippen LogP contribution in [0.2, 0.25) is 0 Å². The van der Waals surface area contributed by atoms with Gasteiger partial charge in [-0.05, 0) is 12.1 Å². The monoisotopic (exact) mass is 280 g/mol. The Hall–Kier alpha value is -2.64. The average molecular weight is 280 g/mol. The van der Waals surface area contributed by atoms with E-state index in [2.05, 4.69) is 15.6 Å². The highest BCUT2D eigenvalue weighted by atomic mass is 16.4. The summed E-state index contributed by atoms with van der Waals surface area (Å²) in [6.45, 7) is 0.409. The van der Waals surface area contributed by atoms with E-state index in [1.165, 1.54) is 23.2 Å². The highest BCUT2D eigenvalue weighted by Crippen LogP contribution is 2.04. The number of aromatic carboxylic acids is 1. The predicted octanol–water partition coefficient (Wildman–Crippen LogP) is -0.219. The Kier molecular flexibility index (Phi) is 5.45. The van der Waals surface area contributed by atoms with Crippen molar-refractivity contribution in [1.82, 2.24) is 20.5 Å². The van der Waals surface area contributed by atoms with E-state index in [9.17, 15) is 14.4 Å². The van der Waals surface area contributed by atoms with Crippen LogP contribution in [0.3, 0.4) is 0 Å². The Morgan fingerprint density at radius 1 is 1.25 bits per heavy atom. The van der Waals surface area contributed by atoms with Crippen molar-refractivity contribution in [3.05, 3.63) is 29.6 Å². The van der Waals surface area contributed by atoms with Crippen LogP contribution in [-0.2, 0) is 0 Å². The molecular weight excluding hydrogens is 264 g/mol. The van der Waals surface area contributed by atoms with Crippen molar-refractivity contribution in [2.45, 2.75) is 0 Å². The number of carbonyl (C=O) groups is 3. The fourth-order valence-corrected chi connectivity index (χ4v) is 1.35. The third-order valence-electron chi connectivity index (χ3n) is 2.35. The molecule has 0 unspecified atom stereocenters. The van der Waals surface area contributed by atoms with E-state index in [1.807, 2.05) is 0 Å². The van der Waals surface area contributed by atoms with Gasteiger partial charge in [-0.15, -0.1) is 0 Å². The summed E-state index contributed by atoms with van der Waals surface area (Å²) in [5.41, 5.74) is -0.318. The summed E-state index contributed by atoms with van der Waals surface area (Å²) < 4.78 is 0.